The van der Waals surface area contributed by atoms with Crippen molar-refractivity contribution in [3.63, 3.8) is 0 Å². The fraction of sp³-hybridized carbons (Fsp3) is 0.208. The standard InChI is InChI=1S/C24H17F3N4O4/c25-14-7-10(8-15(26)20(14)27)29-24(33)31-21-19-13-9-11(1-3-16(13)35-22(19)21)34-17-5-6-28-23-12(17)2-4-18(32)30-23/h1,3,5-9,19,21-22H,2,4H2,(H,28,30,32)(H2,29,31,33)/t19-,21+,22-/m0/s1. The molecule has 3 aromatic rings. The number of hydrogen-bond donors (Lipinski definition) is 3. The minimum absolute atomic E-state index is 0.0890. The van der Waals surface area contributed by atoms with Crippen LogP contribution in [-0.2, 0) is 11.2 Å². The Hall–Kier alpha value is -4.28. The van der Waals surface area contributed by atoms with Crippen LogP contribution in [0.2, 0.25) is 0 Å². The Morgan fingerprint density at radius 2 is 1.91 bits per heavy atom. The van der Waals surface area contributed by atoms with Crippen LogP contribution in [0.25, 0.3) is 0 Å². The van der Waals surface area contributed by atoms with E-state index in [-0.39, 0.29) is 29.7 Å². The van der Waals surface area contributed by atoms with E-state index in [9.17, 15) is 22.8 Å². The van der Waals surface area contributed by atoms with Gasteiger partial charge in [0, 0.05) is 41.6 Å². The number of carbonyl (C=O) groups is 2. The highest BCUT2D eigenvalue weighted by atomic mass is 19.2. The number of ether oxygens (including phenoxy) is 2. The van der Waals surface area contributed by atoms with Gasteiger partial charge in [0.15, 0.2) is 17.5 Å². The van der Waals surface area contributed by atoms with E-state index >= 15 is 0 Å². The van der Waals surface area contributed by atoms with Gasteiger partial charge in [-0.1, -0.05) is 0 Å². The molecule has 0 unspecified atom stereocenters. The number of halogens is 3. The summed E-state index contributed by atoms with van der Waals surface area (Å²) in [7, 11) is 0. The zero-order chi connectivity index (χ0) is 24.3. The van der Waals surface area contributed by atoms with Gasteiger partial charge < -0.3 is 25.4 Å². The van der Waals surface area contributed by atoms with Crippen LogP contribution in [0.4, 0.5) is 29.5 Å². The Morgan fingerprint density at radius 1 is 1.11 bits per heavy atom. The first kappa shape index (κ1) is 21.3. The minimum atomic E-state index is -1.60. The second kappa shape index (κ2) is 7.90. The lowest BCUT2D eigenvalue weighted by Crippen LogP contribution is -2.34. The average molecular weight is 482 g/mol. The Bertz CT molecular complexity index is 1380. The maximum absolute atomic E-state index is 13.4. The summed E-state index contributed by atoms with van der Waals surface area (Å²) >= 11 is 0. The summed E-state index contributed by atoms with van der Waals surface area (Å²) in [6.45, 7) is 0. The molecule has 3 aliphatic rings. The zero-order valence-corrected chi connectivity index (χ0v) is 17.9. The fourth-order valence-electron chi connectivity index (χ4n) is 4.50. The van der Waals surface area contributed by atoms with Gasteiger partial charge in [-0.05, 0) is 30.7 Å². The van der Waals surface area contributed by atoms with Crippen molar-refractivity contribution in [1.29, 1.82) is 0 Å². The molecule has 1 fully saturated rings. The monoisotopic (exact) mass is 482 g/mol. The van der Waals surface area contributed by atoms with Crippen LogP contribution in [0, 0.1) is 17.5 Å². The van der Waals surface area contributed by atoms with E-state index in [1.54, 1.807) is 24.4 Å². The summed E-state index contributed by atoms with van der Waals surface area (Å²) in [6, 6.07) is 7.47. The zero-order valence-electron chi connectivity index (χ0n) is 17.9. The van der Waals surface area contributed by atoms with Crippen molar-refractivity contribution in [1.82, 2.24) is 10.3 Å². The number of hydrogen-bond acceptors (Lipinski definition) is 5. The molecule has 1 saturated carbocycles. The second-order valence-electron chi connectivity index (χ2n) is 8.47. The molecule has 3 heterocycles. The summed E-state index contributed by atoms with van der Waals surface area (Å²) in [6.07, 6.45) is 2.15. The van der Waals surface area contributed by atoms with Crippen molar-refractivity contribution in [2.75, 3.05) is 10.6 Å². The van der Waals surface area contributed by atoms with Crippen LogP contribution in [0.15, 0.2) is 42.6 Å². The summed E-state index contributed by atoms with van der Waals surface area (Å²) in [5.74, 6) is -2.29. The van der Waals surface area contributed by atoms with E-state index in [1.807, 2.05) is 6.07 Å². The van der Waals surface area contributed by atoms with Crippen LogP contribution in [0.1, 0.15) is 23.5 Å². The van der Waals surface area contributed by atoms with Crippen molar-refractivity contribution in [2.45, 2.75) is 30.9 Å². The lowest BCUT2D eigenvalue weighted by molar-refractivity contribution is -0.116. The highest BCUT2D eigenvalue weighted by Crippen LogP contribution is 2.54. The van der Waals surface area contributed by atoms with Crippen LogP contribution in [-0.4, -0.2) is 29.1 Å². The molecule has 3 amide bonds. The maximum atomic E-state index is 13.4. The van der Waals surface area contributed by atoms with Gasteiger partial charge in [-0.2, -0.15) is 0 Å². The van der Waals surface area contributed by atoms with Crippen molar-refractivity contribution in [3.8, 4) is 17.2 Å². The molecule has 11 heteroatoms. The lowest BCUT2D eigenvalue weighted by atomic mass is 10.1. The summed E-state index contributed by atoms with van der Waals surface area (Å²) < 4.78 is 51.8. The van der Waals surface area contributed by atoms with Gasteiger partial charge in [-0.3, -0.25) is 4.79 Å². The van der Waals surface area contributed by atoms with E-state index < -0.39 is 23.5 Å². The Morgan fingerprint density at radius 3 is 2.71 bits per heavy atom. The number of nitrogens with one attached hydrogen (secondary N) is 3. The second-order valence-corrected chi connectivity index (χ2v) is 8.47. The molecule has 1 aliphatic carbocycles. The Labute approximate surface area is 196 Å². The summed E-state index contributed by atoms with van der Waals surface area (Å²) in [5.41, 5.74) is 1.46. The number of aromatic nitrogens is 1. The highest BCUT2D eigenvalue weighted by molar-refractivity contribution is 5.93. The predicted octanol–water partition coefficient (Wildman–Crippen LogP) is 4.22. The molecule has 35 heavy (non-hydrogen) atoms. The van der Waals surface area contributed by atoms with Gasteiger partial charge in [-0.25, -0.2) is 22.9 Å². The molecule has 3 N–H and O–H groups in total. The number of fused-ring (bicyclic) bond motifs is 4. The quantitative estimate of drug-likeness (QED) is 0.484. The number of amides is 3. The van der Waals surface area contributed by atoms with E-state index in [0.717, 1.165) is 11.1 Å². The maximum Gasteiger partial charge on any atom is 0.319 e. The molecular formula is C24H17F3N4O4. The van der Waals surface area contributed by atoms with Crippen molar-refractivity contribution >= 4 is 23.4 Å². The number of anilines is 2. The third kappa shape index (κ3) is 3.78. The van der Waals surface area contributed by atoms with E-state index in [0.29, 0.717) is 48.0 Å². The molecule has 0 saturated heterocycles. The number of nitrogens with zero attached hydrogens (tertiary/aromatic N) is 1. The number of carbonyl (C=O) groups excluding carboxylic acids is 2. The van der Waals surface area contributed by atoms with Crippen LogP contribution in [0.3, 0.4) is 0 Å². The van der Waals surface area contributed by atoms with Crippen LogP contribution < -0.4 is 25.4 Å². The van der Waals surface area contributed by atoms with Gasteiger partial charge >= 0.3 is 6.03 Å². The molecule has 3 atom stereocenters. The number of urea groups is 1. The summed E-state index contributed by atoms with van der Waals surface area (Å²) in [5, 5.41) is 7.74. The molecule has 2 aliphatic heterocycles. The third-order valence-corrected chi connectivity index (χ3v) is 6.20. The van der Waals surface area contributed by atoms with Crippen molar-refractivity contribution < 1.29 is 32.2 Å². The van der Waals surface area contributed by atoms with E-state index in [1.165, 1.54) is 0 Å². The molecule has 178 valence electrons. The van der Waals surface area contributed by atoms with Gasteiger partial charge in [0.2, 0.25) is 5.91 Å². The number of benzene rings is 2. The van der Waals surface area contributed by atoms with Gasteiger partial charge in [0.25, 0.3) is 0 Å². The Balaban J connectivity index is 1.14. The predicted molar refractivity (Wildman–Crippen MR) is 117 cm³/mol. The molecule has 6 rings (SSSR count). The van der Waals surface area contributed by atoms with Crippen molar-refractivity contribution in [3.05, 3.63) is 71.2 Å². The molecule has 0 spiro atoms. The van der Waals surface area contributed by atoms with Gasteiger partial charge in [0.1, 0.15) is 29.2 Å². The minimum Gasteiger partial charge on any atom is -0.487 e. The van der Waals surface area contributed by atoms with Gasteiger partial charge in [-0.15, -0.1) is 0 Å². The molecule has 0 bridgehead atoms. The third-order valence-electron chi connectivity index (χ3n) is 6.20. The normalized spacial score (nSPS) is 21.1. The average Bonchev–Trinajstić information content (AvgIpc) is 3.33. The first-order valence-corrected chi connectivity index (χ1v) is 10.9. The van der Waals surface area contributed by atoms with Crippen molar-refractivity contribution in [2.24, 2.45) is 0 Å². The molecule has 0 radical (unpaired) electrons. The molecule has 2 aromatic carbocycles. The van der Waals surface area contributed by atoms with Crippen LogP contribution in [0.5, 0.6) is 17.2 Å². The topological polar surface area (TPSA) is 102 Å². The Kier molecular flexibility index (Phi) is 4.80. The number of rotatable bonds is 4. The van der Waals surface area contributed by atoms with Gasteiger partial charge in [0.05, 0.1) is 12.0 Å². The highest BCUT2D eigenvalue weighted by Gasteiger charge is 2.59. The lowest BCUT2D eigenvalue weighted by Gasteiger charge is -2.19. The SMILES string of the molecule is O=C1CCc2c(Oc3ccc4c(c3)[C@H]3[C@@H](NC(=O)Nc5cc(F)c(F)c(F)c5)[C@H]3O4)ccnc2N1. The van der Waals surface area contributed by atoms with E-state index in [2.05, 4.69) is 20.9 Å². The first-order valence-electron chi connectivity index (χ1n) is 10.9. The van der Waals surface area contributed by atoms with E-state index in [4.69, 9.17) is 9.47 Å². The largest absolute Gasteiger partial charge is 0.487 e. The number of pyridine rings is 1. The summed E-state index contributed by atoms with van der Waals surface area (Å²) in [4.78, 5) is 28.1. The molecule has 1 aromatic heterocycles. The smallest absolute Gasteiger partial charge is 0.319 e. The fourth-order valence-corrected chi connectivity index (χ4v) is 4.50. The molecule has 8 nitrogen and oxygen atoms in total. The van der Waals surface area contributed by atoms with Crippen LogP contribution >= 0.6 is 0 Å². The molecular weight excluding hydrogens is 465 g/mol. The first-order chi connectivity index (χ1) is 16.9.